The van der Waals surface area contributed by atoms with Gasteiger partial charge in [0.15, 0.2) is 0 Å². The highest BCUT2D eigenvalue weighted by Gasteiger charge is 2.21. The molecule has 0 radical (unpaired) electrons. The van der Waals surface area contributed by atoms with Gasteiger partial charge in [-0.1, -0.05) is 17.7 Å². The Morgan fingerprint density at radius 1 is 1.56 bits per heavy atom. The lowest BCUT2D eigenvalue weighted by Gasteiger charge is -2.11. The van der Waals surface area contributed by atoms with Crippen LogP contribution >= 0.6 is 11.6 Å². The summed E-state index contributed by atoms with van der Waals surface area (Å²) in [5.41, 5.74) is 0. The topological polar surface area (TPSA) is 50.4 Å². The molecule has 0 spiro atoms. The van der Waals surface area contributed by atoms with E-state index in [0.29, 0.717) is 18.2 Å². The summed E-state index contributed by atoms with van der Waals surface area (Å²) in [6.07, 6.45) is 1.98. The summed E-state index contributed by atoms with van der Waals surface area (Å²) >= 11 is 5.84. The number of hydrogen-bond acceptors (Lipinski definition) is 3. The summed E-state index contributed by atoms with van der Waals surface area (Å²) in [4.78, 5) is 11.7. The van der Waals surface area contributed by atoms with Gasteiger partial charge in [0.05, 0.1) is 12.6 Å². The minimum absolute atomic E-state index is 0.0313. The summed E-state index contributed by atoms with van der Waals surface area (Å²) in [5.74, 6) is 0.776. The third kappa shape index (κ3) is 3.89. The lowest BCUT2D eigenvalue weighted by molar-refractivity contribution is -0.122. The smallest absolute Gasteiger partial charge is 0.237 e. The van der Waals surface area contributed by atoms with Crippen molar-refractivity contribution >= 4 is 17.5 Å². The molecule has 2 rings (SSSR count). The van der Waals surface area contributed by atoms with Crippen molar-refractivity contribution in [2.24, 2.45) is 0 Å². The molecule has 4 nitrogen and oxygen atoms in total. The molecule has 0 saturated carbocycles. The van der Waals surface area contributed by atoms with Gasteiger partial charge < -0.3 is 15.4 Å². The first kappa shape index (κ1) is 13.2. The van der Waals surface area contributed by atoms with Gasteiger partial charge in [0.1, 0.15) is 12.4 Å². The first-order valence-electron chi connectivity index (χ1n) is 6.15. The number of rotatable bonds is 5. The largest absolute Gasteiger partial charge is 0.492 e. The standard InChI is InChI=1S/C13H17ClN2O2/c14-10-3-1-4-11(9-10)18-8-7-16-13(17)12-5-2-6-15-12/h1,3-4,9,12,15H,2,5-8H2,(H,16,17)/t12-/m0/s1. The quantitative estimate of drug-likeness (QED) is 0.798. The zero-order valence-electron chi connectivity index (χ0n) is 10.1. The molecule has 0 bridgehead atoms. The molecule has 0 unspecified atom stereocenters. The maximum absolute atomic E-state index is 11.7. The van der Waals surface area contributed by atoms with Crippen molar-refractivity contribution in [1.29, 1.82) is 0 Å². The van der Waals surface area contributed by atoms with Crippen LogP contribution in [0.4, 0.5) is 0 Å². The highest BCUT2D eigenvalue weighted by atomic mass is 35.5. The highest BCUT2D eigenvalue weighted by molar-refractivity contribution is 6.30. The second-order valence-electron chi connectivity index (χ2n) is 4.25. The summed E-state index contributed by atoms with van der Waals surface area (Å²) < 4.78 is 5.48. The van der Waals surface area contributed by atoms with Gasteiger partial charge in [-0.25, -0.2) is 0 Å². The van der Waals surface area contributed by atoms with Crippen molar-refractivity contribution in [2.75, 3.05) is 19.7 Å². The minimum atomic E-state index is -0.0313. The van der Waals surface area contributed by atoms with Gasteiger partial charge in [0.25, 0.3) is 0 Å². The number of hydrogen-bond donors (Lipinski definition) is 2. The molecule has 1 aromatic rings. The first-order chi connectivity index (χ1) is 8.75. The summed E-state index contributed by atoms with van der Waals surface area (Å²) in [5, 5.41) is 6.65. The fourth-order valence-corrected chi connectivity index (χ4v) is 2.11. The third-order valence-corrected chi connectivity index (χ3v) is 3.08. The predicted molar refractivity (Wildman–Crippen MR) is 71.0 cm³/mol. The number of carbonyl (C=O) groups is 1. The molecule has 1 amide bonds. The van der Waals surface area contributed by atoms with E-state index in [1.165, 1.54) is 0 Å². The average molecular weight is 269 g/mol. The van der Waals surface area contributed by atoms with Crippen LogP contribution in [0.2, 0.25) is 5.02 Å². The molecule has 0 aromatic heterocycles. The molecule has 1 aliphatic heterocycles. The Kier molecular flexibility index (Phi) is 4.84. The molecule has 2 N–H and O–H groups in total. The van der Waals surface area contributed by atoms with E-state index in [4.69, 9.17) is 16.3 Å². The highest BCUT2D eigenvalue weighted by Crippen LogP contribution is 2.16. The Morgan fingerprint density at radius 3 is 3.17 bits per heavy atom. The number of halogens is 1. The Labute approximate surface area is 112 Å². The van der Waals surface area contributed by atoms with Crippen molar-refractivity contribution < 1.29 is 9.53 Å². The first-order valence-corrected chi connectivity index (χ1v) is 6.53. The Hall–Kier alpha value is -1.26. The van der Waals surface area contributed by atoms with Crippen LogP contribution in [0.3, 0.4) is 0 Å². The van der Waals surface area contributed by atoms with Gasteiger partial charge in [-0.3, -0.25) is 4.79 Å². The van der Waals surface area contributed by atoms with E-state index in [9.17, 15) is 4.79 Å². The van der Waals surface area contributed by atoms with Crippen LogP contribution in [0.15, 0.2) is 24.3 Å². The number of nitrogens with one attached hydrogen (secondary N) is 2. The second-order valence-corrected chi connectivity index (χ2v) is 4.68. The molecule has 1 heterocycles. The van der Waals surface area contributed by atoms with Gasteiger partial charge in [0.2, 0.25) is 5.91 Å². The van der Waals surface area contributed by atoms with Gasteiger partial charge >= 0.3 is 0 Å². The molecular formula is C13H17ClN2O2. The molecule has 18 heavy (non-hydrogen) atoms. The van der Waals surface area contributed by atoms with Crippen LogP contribution in [0.1, 0.15) is 12.8 Å². The summed E-state index contributed by atoms with van der Waals surface area (Å²) in [7, 11) is 0. The molecule has 5 heteroatoms. The molecule has 1 aromatic carbocycles. The number of ether oxygens (including phenoxy) is 1. The van der Waals surface area contributed by atoms with E-state index in [-0.39, 0.29) is 11.9 Å². The van der Waals surface area contributed by atoms with Crippen molar-refractivity contribution in [3.8, 4) is 5.75 Å². The number of amides is 1. The van der Waals surface area contributed by atoms with Crippen molar-refractivity contribution in [3.05, 3.63) is 29.3 Å². The lowest BCUT2D eigenvalue weighted by atomic mass is 10.2. The number of carbonyl (C=O) groups excluding carboxylic acids is 1. The van der Waals surface area contributed by atoms with Crippen LogP contribution < -0.4 is 15.4 Å². The molecule has 0 aliphatic carbocycles. The van der Waals surface area contributed by atoms with E-state index >= 15 is 0 Å². The molecule has 98 valence electrons. The van der Waals surface area contributed by atoms with Crippen LogP contribution in [0.25, 0.3) is 0 Å². The molecule has 1 saturated heterocycles. The molecule has 1 atom stereocenters. The van der Waals surface area contributed by atoms with Crippen LogP contribution in [-0.4, -0.2) is 31.6 Å². The van der Waals surface area contributed by atoms with Crippen molar-refractivity contribution in [2.45, 2.75) is 18.9 Å². The van der Waals surface area contributed by atoms with Crippen LogP contribution in [-0.2, 0) is 4.79 Å². The Bertz CT molecular complexity index is 406. The van der Waals surface area contributed by atoms with Gasteiger partial charge in [-0.15, -0.1) is 0 Å². The monoisotopic (exact) mass is 268 g/mol. The SMILES string of the molecule is O=C(NCCOc1cccc(Cl)c1)[C@@H]1CCCN1. The maximum atomic E-state index is 11.7. The minimum Gasteiger partial charge on any atom is -0.492 e. The van der Waals surface area contributed by atoms with E-state index in [0.717, 1.165) is 25.1 Å². The lowest BCUT2D eigenvalue weighted by Crippen LogP contribution is -2.41. The fraction of sp³-hybridized carbons (Fsp3) is 0.462. The van der Waals surface area contributed by atoms with Crippen molar-refractivity contribution in [1.82, 2.24) is 10.6 Å². The Morgan fingerprint density at radius 2 is 2.44 bits per heavy atom. The normalized spacial score (nSPS) is 18.6. The second kappa shape index (κ2) is 6.61. The Balaban J connectivity index is 1.65. The molecular weight excluding hydrogens is 252 g/mol. The van der Waals surface area contributed by atoms with Crippen LogP contribution in [0.5, 0.6) is 5.75 Å². The predicted octanol–water partition coefficient (Wildman–Crippen LogP) is 1.59. The van der Waals surface area contributed by atoms with Gasteiger partial charge in [0, 0.05) is 5.02 Å². The molecule has 1 fully saturated rings. The van der Waals surface area contributed by atoms with Crippen LogP contribution in [0, 0.1) is 0 Å². The summed E-state index contributed by atoms with van der Waals surface area (Å²) in [6, 6.07) is 7.19. The van der Waals surface area contributed by atoms with E-state index in [2.05, 4.69) is 10.6 Å². The zero-order chi connectivity index (χ0) is 12.8. The molecule has 1 aliphatic rings. The van der Waals surface area contributed by atoms with Gasteiger partial charge in [-0.2, -0.15) is 0 Å². The van der Waals surface area contributed by atoms with Gasteiger partial charge in [-0.05, 0) is 37.6 Å². The third-order valence-electron chi connectivity index (χ3n) is 2.84. The van der Waals surface area contributed by atoms with E-state index in [1.54, 1.807) is 12.1 Å². The maximum Gasteiger partial charge on any atom is 0.237 e. The van der Waals surface area contributed by atoms with Crippen molar-refractivity contribution in [3.63, 3.8) is 0 Å². The van der Waals surface area contributed by atoms with E-state index < -0.39 is 0 Å². The fourth-order valence-electron chi connectivity index (χ4n) is 1.93. The zero-order valence-corrected chi connectivity index (χ0v) is 10.9. The van der Waals surface area contributed by atoms with E-state index in [1.807, 2.05) is 12.1 Å². The summed E-state index contributed by atoms with van der Waals surface area (Å²) in [6.45, 7) is 1.87. The number of benzene rings is 1. The average Bonchev–Trinajstić information content (AvgIpc) is 2.88.